The summed E-state index contributed by atoms with van der Waals surface area (Å²) in [6, 6.07) is 9.05. The summed E-state index contributed by atoms with van der Waals surface area (Å²) in [6.07, 6.45) is 3.17. The Hall–Kier alpha value is -1.39. The third kappa shape index (κ3) is 2.51. The van der Waals surface area contributed by atoms with Crippen molar-refractivity contribution in [3.63, 3.8) is 0 Å². The first-order valence-electron chi connectivity index (χ1n) is 6.84. The molecule has 0 radical (unpaired) electrons. The van der Waals surface area contributed by atoms with Crippen molar-refractivity contribution >= 4 is 5.97 Å². The zero-order chi connectivity index (χ0) is 13.1. The first kappa shape index (κ1) is 12.6. The Morgan fingerprint density at radius 2 is 1.89 bits per heavy atom. The van der Waals surface area contributed by atoms with Gasteiger partial charge in [-0.15, -0.1) is 0 Å². The maximum Gasteiger partial charge on any atom is 0.338 e. The van der Waals surface area contributed by atoms with E-state index in [2.05, 4.69) is 0 Å². The highest BCUT2D eigenvalue weighted by Gasteiger charge is 2.48. The van der Waals surface area contributed by atoms with Gasteiger partial charge in [-0.3, -0.25) is 0 Å². The lowest BCUT2D eigenvalue weighted by Gasteiger charge is -2.39. The molecule has 0 aromatic heterocycles. The molecule has 0 saturated carbocycles. The molecule has 2 aliphatic rings. The van der Waals surface area contributed by atoms with E-state index in [0.717, 1.165) is 25.7 Å². The van der Waals surface area contributed by atoms with Gasteiger partial charge >= 0.3 is 5.97 Å². The van der Waals surface area contributed by atoms with Gasteiger partial charge in [-0.25, -0.2) is 4.79 Å². The number of ether oxygens (including phenoxy) is 3. The van der Waals surface area contributed by atoms with Crippen molar-refractivity contribution in [2.45, 2.75) is 37.6 Å². The zero-order valence-electron chi connectivity index (χ0n) is 10.8. The minimum atomic E-state index is -0.692. The molecule has 4 nitrogen and oxygen atoms in total. The van der Waals surface area contributed by atoms with Crippen LogP contribution in [0.5, 0.6) is 0 Å². The molecule has 2 atom stereocenters. The summed E-state index contributed by atoms with van der Waals surface area (Å²) in [7, 11) is 0. The molecule has 2 fully saturated rings. The third-order valence-corrected chi connectivity index (χ3v) is 3.72. The van der Waals surface area contributed by atoms with E-state index in [1.165, 1.54) is 0 Å². The summed E-state index contributed by atoms with van der Waals surface area (Å²) >= 11 is 0. The smallest absolute Gasteiger partial charge is 0.338 e. The van der Waals surface area contributed by atoms with Crippen LogP contribution in [0.1, 0.15) is 36.0 Å². The molecule has 2 unspecified atom stereocenters. The van der Waals surface area contributed by atoms with E-state index in [0.29, 0.717) is 18.8 Å². The van der Waals surface area contributed by atoms with Gasteiger partial charge in [0.2, 0.25) is 5.79 Å². The Bertz CT molecular complexity index is 437. The number of hydrogen-bond acceptors (Lipinski definition) is 4. The molecular weight excluding hydrogens is 244 g/mol. The van der Waals surface area contributed by atoms with Crippen LogP contribution < -0.4 is 0 Å². The third-order valence-electron chi connectivity index (χ3n) is 3.72. The molecule has 2 aliphatic heterocycles. The van der Waals surface area contributed by atoms with Crippen molar-refractivity contribution in [3.05, 3.63) is 35.9 Å². The van der Waals surface area contributed by atoms with Crippen molar-refractivity contribution in [1.29, 1.82) is 0 Å². The monoisotopic (exact) mass is 262 g/mol. The van der Waals surface area contributed by atoms with Crippen molar-refractivity contribution < 1.29 is 19.0 Å². The lowest BCUT2D eigenvalue weighted by molar-refractivity contribution is -0.277. The quantitative estimate of drug-likeness (QED) is 0.768. The van der Waals surface area contributed by atoms with Gasteiger partial charge in [0.05, 0.1) is 18.8 Å². The average molecular weight is 262 g/mol. The van der Waals surface area contributed by atoms with Gasteiger partial charge in [0, 0.05) is 6.42 Å². The van der Waals surface area contributed by atoms with Crippen LogP contribution >= 0.6 is 0 Å². The van der Waals surface area contributed by atoms with Crippen LogP contribution in [-0.2, 0) is 14.2 Å². The summed E-state index contributed by atoms with van der Waals surface area (Å²) < 4.78 is 17.1. The molecule has 19 heavy (non-hydrogen) atoms. The summed E-state index contributed by atoms with van der Waals surface area (Å²) in [5.74, 6) is -0.992. The van der Waals surface area contributed by atoms with Gasteiger partial charge in [-0.2, -0.15) is 0 Å². The van der Waals surface area contributed by atoms with Crippen molar-refractivity contribution in [2.24, 2.45) is 0 Å². The maximum absolute atomic E-state index is 12.1. The van der Waals surface area contributed by atoms with Crippen LogP contribution in [0.25, 0.3) is 0 Å². The van der Waals surface area contributed by atoms with Crippen LogP contribution in [0.2, 0.25) is 0 Å². The predicted octanol–water partition coefficient (Wildman–Crippen LogP) is 2.53. The van der Waals surface area contributed by atoms with E-state index in [9.17, 15) is 4.79 Å². The minimum Gasteiger partial charge on any atom is -0.453 e. The van der Waals surface area contributed by atoms with Gasteiger partial charge in [-0.1, -0.05) is 18.2 Å². The summed E-state index contributed by atoms with van der Waals surface area (Å²) in [5, 5.41) is 0. The van der Waals surface area contributed by atoms with Crippen LogP contribution in [-0.4, -0.2) is 31.1 Å². The highest BCUT2D eigenvalue weighted by Crippen LogP contribution is 2.37. The molecule has 1 aromatic carbocycles. The molecular formula is C15H18O4. The summed E-state index contributed by atoms with van der Waals surface area (Å²) in [6.45, 7) is 1.36. The van der Waals surface area contributed by atoms with Crippen LogP contribution in [0.15, 0.2) is 30.3 Å². The summed E-state index contributed by atoms with van der Waals surface area (Å²) in [5.41, 5.74) is 0.571. The van der Waals surface area contributed by atoms with Gasteiger partial charge in [0.15, 0.2) is 6.10 Å². The molecule has 2 heterocycles. The number of carbonyl (C=O) groups is 1. The number of rotatable bonds is 2. The highest BCUT2D eigenvalue weighted by atomic mass is 16.7. The van der Waals surface area contributed by atoms with E-state index < -0.39 is 5.79 Å². The highest BCUT2D eigenvalue weighted by molar-refractivity contribution is 5.89. The number of carbonyl (C=O) groups excluding carboxylic acids is 1. The minimum absolute atomic E-state index is 0.295. The normalized spacial score (nSPS) is 30.4. The number of esters is 1. The van der Waals surface area contributed by atoms with Crippen LogP contribution in [0.3, 0.4) is 0 Å². The Balaban J connectivity index is 1.72. The molecule has 1 spiro atoms. The largest absolute Gasteiger partial charge is 0.453 e. The zero-order valence-corrected chi connectivity index (χ0v) is 10.8. The molecule has 0 N–H and O–H groups in total. The Morgan fingerprint density at radius 3 is 2.63 bits per heavy atom. The van der Waals surface area contributed by atoms with Gasteiger partial charge in [-0.05, 0) is 31.4 Å². The van der Waals surface area contributed by atoms with E-state index in [1.54, 1.807) is 12.1 Å². The second-order valence-electron chi connectivity index (χ2n) is 5.01. The second kappa shape index (κ2) is 5.31. The second-order valence-corrected chi connectivity index (χ2v) is 5.01. The molecule has 3 rings (SSSR count). The van der Waals surface area contributed by atoms with E-state index in [-0.39, 0.29) is 12.1 Å². The Morgan fingerprint density at radius 1 is 1.16 bits per heavy atom. The first-order chi connectivity index (χ1) is 9.30. The Kier molecular flexibility index (Phi) is 3.53. The first-order valence-corrected chi connectivity index (χ1v) is 6.84. The maximum atomic E-state index is 12.1. The molecule has 0 aliphatic carbocycles. The van der Waals surface area contributed by atoms with Gasteiger partial charge in [0.25, 0.3) is 0 Å². The lowest BCUT2D eigenvalue weighted by atomic mass is 9.99. The standard InChI is InChI=1S/C15H18O4/c16-14(12-6-2-1-3-7-12)19-13-8-4-10-17-15(13)9-5-11-18-15/h1-3,6-7,13H,4-5,8-11H2. The van der Waals surface area contributed by atoms with E-state index >= 15 is 0 Å². The van der Waals surface area contributed by atoms with Gasteiger partial charge in [0.1, 0.15) is 0 Å². The average Bonchev–Trinajstić information content (AvgIpc) is 2.92. The topological polar surface area (TPSA) is 44.8 Å². The van der Waals surface area contributed by atoms with E-state index in [4.69, 9.17) is 14.2 Å². The molecule has 102 valence electrons. The van der Waals surface area contributed by atoms with E-state index in [1.807, 2.05) is 18.2 Å². The fraction of sp³-hybridized carbons (Fsp3) is 0.533. The van der Waals surface area contributed by atoms with Crippen LogP contribution in [0.4, 0.5) is 0 Å². The molecule has 0 amide bonds. The SMILES string of the molecule is O=C(OC1CCCOC12CCCO2)c1ccccc1. The fourth-order valence-electron chi connectivity index (χ4n) is 2.75. The van der Waals surface area contributed by atoms with Gasteiger partial charge < -0.3 is 14.2 Å². The molecule has 4 heteroatoms. The fourth-order valence-corrected chi connectivity index (χ4v) is 2.75. The van der Waals surface area contributed by atoms with Crippen molar-refractivity contribution in [3.8, 4) is 0 Å². The molecule has 0 bridgehead atoms. The lowest BCUT2D eigenvalue weighted by Crippen LogP contribution is -2.50. The number of benzene rings is 1. The van der Waals surface area contributed by atoms with Crippen molar-refractivity contribution in [2.75, 3.05) is 13.2 Å². The predicted molar refractivity (Wildman–Crippen MR) is 68.7 cm³/mol. The molecule has 2 saturated heterocycles. The van der Waals surface area contributed by atoms with Crippen LogP contribution in [0, 0.1) is 0 Å². The Labute approximate surface area is 112 Å². The summed E-state index contributed by atoms with van der Waals surface area (Å²) in [4.78, 5) is 12.1. The van der Waals surface area contributed by atoms with Crippen molar-refractivity contribution in [1.82, 2.24) is 0 Å². The number of hydrogen-bond donors (Lipinski definition) is 0. The molecule has 1 aromatic rings.